The number of aromatic amines is 1. The van der Waals surface area contributed by atoms with Gasteiger partial charge < -0.3 is 14.1 Å². The van der Waals surface area contributed by atoms with Crippen molar-refractivity contribution in [3.63, 3.8) is 0 Å². The third-order valence-corrected chi connectivity index (χ3v) is 2.34. The second kappa shape index (κ2) is 4.97. The lowest BCUT2D eigenvalue weighted by atomic mass is 10.3. The lowest BCUT2D eigenvalue weighted by molar-refractivity contribution is 0.0699. The van der Waals surface area contributed by atoms with Crippen molar-refractivity contribution < 1.29 is 9.15 Å². The zero-order chi connectivity index (χ0) is 12.3. The van der Waals surface area contributed by atoms with Crippen LogP contribution < -0.4 is 5.56 Å². The first-order valence-electron chi connectivity index (χ1n) is 5.47. The molecule has 17 heavy (non-hydrogen) atoms. The summed E-state index contributed by atoms with van der Waals surface area (Å²) >= 11 is 0. The summed E-state index contributed by atoms with van der Waals surface area (Å²) in [5.74, 6) is 1.08. The van der Waals surface area contributed by atoms with E-state index < -0.39 is 0 Å². The van der Waals surface area contributed by atoms with E-state index in [0.717, 1.165) is 0 Å². The highest BCUT2D eigenvalue weighted by atomic mass is 16.5. The van der Waals surface area contributed by atoms with Crippen LogP contribution in [0.5, 0.6) is 0 Å². The van der Waals surface area contributed by atoms with Gasteiger partial charge in [-0.3, -0.25) is 4.79 Å². The van der Waals surface area contributed by atoms with Crippen molar-refractivity contribution in [3.05, 3.63) is 40.6 Å². The molecule has 0 aromatic carbocycles. The van der Waals surface area contributed by atoms with Gasteiger partial charge in [-0.15, -0.1) is 0 Å². The van der Waals surface area contributed by atoms with Crippen molar-refractivity contribution in [1.82, 2.24) is 9.97 Å². The number of nitrogens with zero attached hydrogens (tertiary/aromatic N) is 1. The standard InChI is InChI=1S/C12H14N2O3/c1-3-16-8(2)12-13-9(7-11(15)14-12)10-5-4-6-17-10/h4-8H,3H2,1-2H3,(H,13,14,15). The molecule has 0 spiro atoms. The maximum absolute atomic E-state index is 11.5. The van der Waals surface area contributed by atoms with Crippen LogP contribution in [-0.2, 0) is 4.74 Å². The van der Waals surface area contributed by atoms with Crippen molar-refractivity contribution in [2.75, 3.05) is 6.61 Å². The summed E-state index contributed by atoms with van der Waals surface area (Å²) < 4.78 is 10.6. The number of rotatable bonds is 4. The number of hydrogen-bond donors (Lipinski definition) is 1. The Bertz CT molecular complexity index is 531. The summed E-state index contributed by atoms with van der Waals surface area (Å²) in [7, 11) is 0. The third-order valence-electron chi connectivity index (χ3n) is 2.34. The van der Waals surface area contributed by atoms with Gasteiger partial charge in [0.05, 0.1) is 6.26 Å². The van der Waals surface area contributed by atoms with E-state index in [0.29, 0.717) is 23.9 Å². The Morgan fingerprint density at radius 3 is 3.06 bits per heavy atom. The fourth-order valence-corrected chi connectivity index (χ4v) is 1.55. The topological polar surface area (TPSA) is 68.1 Å². The van der Waals surface area contributed by atoms with Crippen LogP contribution in [0.15, 0.2) is 33.7 Å². The summed E-state index contributed by atoms with van der Waals surface area (Å²) in [4.78, 5) is 18.5. The fourth-order valence-electron chi connectivity index (χ4n) is 1.55. The maximum Gasteiger partial charge on any atom is 0.251 e. The number of H-pyrrole nitrogens is 1. The summed E-state index contributed by atoms with van der Waals surface area (Å²) in [6, 6.07) is 4.92. The Kier molecular flexibility index (Phi) is 3.39. The van der Waals surface area contributed by atoms with Gasteiger partial charge in [-0.1, -0.05) is 0 Å². The number of hydrogen-bond acceptors (Lipinski definition) is 4. The Morgan fingerprint density at radius 1 is 1.59 bits per heavy atom. The summed E-state index contributed by atoms with van der Waals surface area (Å²) in [6.45, 7) is 4.30. The Morgan fingerprint density at radius 2 is 2.41 bits per heavy atom. The minimum Gasteiger partial charge on any atom is -0.463 e. The quantitative estimate of drug-likeness (QED) is 0.879. The number of aromatic nitrogens is 2. The first-order valence-corrected chi connectivity index (χ1v) is 5.47. The number of ether oxygens (including phenoxy) is 1. The summed E-state index contributed by atoms with van der Waals surface area (Å²) in [5.41, 5.74) is 0.299. The van der Waals surface area contributed by atoms with Crippen LogP contribution in [0.3, 0.4) is 0 Å². The van der Waals surface area contributed by atoms with Crippen molar-refractivity contribution >= 4 is 0 Å². The van der Waals surface area contributed by atoms with Crippen LogP contribution in [0.1, 0.15) is 25.8 Å². The van der Waals surface area contributed by atoms with Crippen molar-refractivity contribution in [1.29, 1.82) is 0 Å². The molecular formula is C12H14N2O3. The second-order valence-electron chi connectivity index (χ2n) is 3.59. The average Bonchev–Trinajstić information content (AvgIpc) is 2.82. The Labute approximate surface area is 98.5 Å². The lowest BCUT2D eigenvalue weighted by Gasteiger charge is -2.10. The summed E-state index contributed by atoms with van der Waals surface area (Å²) in [6.07, 6.45) is 1.30. The van der Waals surface area contributed by atoms with E-state index in [-0.39, 0.29) is 11.7 Å². The van der Waals surface area contributed by atoms with Gasteiger partial charge in [0, 0.05) is 12.7 Å². The molecule has 1 unspecified atom stereocenters. The highest BCUT2D eigenvalue weighted by Crippen LogP contribution is 2.18. The smallest absolute Gasteiger partial charge is 0.251 e. The van der Waals surface area contributed by atoms with E-state index in [2.05, 4.69) is 9.97 Å². The van der Waals surface area contributed by atoms with Gasteiger partial charge in [-0.25, -0.2) is 4.98 Å². The fraction of sp³-hybridized carbons (Fsp3) is 0.333. The van der Waals surface area contributed by atoms with Crippen LogP contribution in [0.4, 0.5) is 0 Å². The molecule has 0 saturated heterocycles. The van der Waals surface area contributed by atoms with Crippen molar-refractivity contribution in [3.8, 4) is 11.5 Å². The zero-order valence-electron chi connectivity index (χ0n) is 9.77. The molecule has 0 radical (unpaired) electrons. The van der Waals surface area contributed by atoms with E-state index in [1.807, 2.05) is 13.8 Å². The SMILES string of the molecule is CCOC(C)c1nc(-c2ccco2)cc(=O)[nH]1. The van der Waals surface area contributed by atoms with Crippen LogP contribution in [-0.4, -0.2) is 16.6 Å². The molecule has 90 valence electrons. The first kappa shape index (κ1) is 11.6. The van der Waals surface area contributed by atoms with Gasteiger partial charge in [0.2, 0.25) is 0 Å². The molecule has 0 amide bonds. The highest BCUT2D eigenvalue weighted by molar-refractivity contribution is 5.50. The summed E-state index contributed by atoms with van der Waals surface area (Å²) in [5, 5.41) is 0. The molecule has 5 heteroatoms. The largest absolute Gasteiger partial charge is 0.463 e. The minimum absolute atomic E-state index is 0.215. The first-order chi connectivity index (χ1) is 8.20. The van der Waals surface area contributed by atoms with Gasteiger partial charge >= 0.3 is 0 Å². The third kappa shape index (κ3) is 2.62. The average molecular weight is 234 g/mol. The molecule has 1 N–H and O–H groups in total. The van der Waals surface area contributed by atoms with E-state index in [4.69, 9.17) is 9.15 Å². The van der Waals surface area contributed by atoms with Crippen LogP contribution >= 0.6 is 0 Å². The molecule has 0 bridgehead atoms. The predicted octanol–water partition coefficient (Wildman–Crippen LogP) is 2.13. The van der Waals surface area contributed by atoms with Crippen molar-refractivity contribution in [2.24, 2.45) is 0 Å². The molecule has 2 aromatic rings. The molecule has 2 rings (SSSR count). The van der Waals surface area contributed by atoms with E-state index in [1.165, 1.54) is 6.07 Å². The number of furan rings is 1. The lowest BCUT2D eigenvalue weighted by Crippen LogP contribution is -2.14. The molecule has 5 nitrogen and oxygen atoms in total. The van der Waals surface area contributed by atoms with Gasteiger partial charge in [0.15, 0.2) is 5.76 Å². The Hall–Kier alpha value is -1.88. The van der Waals surface area contributed by atoms with E-state index in [9.17, 15) is 4.79 Å². The molecule has 1 atom stereocenters. The van der Waals surface area contributed by atoms with Gasteiger partial charge in [-0.2, -0.15) is 0 Å². The van der Waals surface area contributed by atoms with Crippen LogP contribution in [0, 0.1) is 0 Å². The van der Waals surface area contributed by atoms with Crippen molar-refractivity contribution in [2.45, 2.75) is 20.0 Å². The molecule has 0 aliphatic rings. The predicted molar refractivity (Wildman–Crippen MR) is 62.6 cm³/mol. The highest BCUT2D eigenvalue weighted by Gasteiger charge is 2.11. The van der Waals surface area contributed by atoms with Crippen LogP contribution in [0.25, 0.3) is 11.5 Å². The normalized spacial score (nSPS) is 12.6. The maximum atomic E-state index is 11.5. The monoisotopic (exact) mass is 234 g/mol. The minimum atomic E-state index is -0.248. The van der Waals surface area contributed by atoms with E-state index >= 15 is 0 Å². The number of nitrogens with one attached hydrogen (secondary N) is 1. The molecule has 0 aliphatic carbocycles. The van der Waals surface area contributed by atoms with E-state index in [1.54, 1.807) is 18.4 Å². The van der Waals surface area contributed by atoms with Gasteiger partial charge in [0.25, 0.3) is 5.56 Å². The molecule has 0 saturated carbocycles. The zero-order valence-corrected chi connectivity index (χ0v) is 9.77. The van der Waals surface area contributed by atoms with Gasteiger partial charge in [-0.05, 0) is 26.0 Å². The molecule has 0 fully saturated rings. The van der Waals surface area contributed by atoms with Gasteiger partial charge in [0.1, 0.15) is 17.6 Å². The Balaban J connectivity index is 2.39. The molecule has 2 heterocycles. The molecular weight excluding hydrogens is 220 g/mol. The molecule has 2 aromatic heterocycles. The second-order valence-corrected chi connectivity index (χ2v) is 3.59. The van der Waals surface area contributed by atoms with Crippen LogP contribution in [0.2, 0.25) is 0 Å². The molecule has 0 aliphatic heterocycles.